The number of anilines is 1. The Kier molecular flexibility index (Phi) is 5.95. The maximum absolute atomic E-state index is 14.0. The Morgan fingerprint density at radius 3 is 2.38 bits per heavy atom. The molecule has 194 valence electrons. The molecule has 1 fully saturated rings. The zero-order valence-corrected chi connectivity index (χ0v) is 21.5. The van der Waals surface area contributed by atoms with E-state index in [-0.39, 0.29) is 17.6 Å². The predicted octanol–water partition coefficient (Wildman–Crippen LogP) is 5.47. The second-order valence-electron chi connectivity index (χ2n) is 10.2. The van der Waals surface area contributed by atoms with Crippen LogP contribution in [0.15, 0.2) is 104 Å². The van der Waals surface area contributed by atoms with E-state index in [1.807, 2.05) is 62.4 Å². The van der Waals surface area contributed by atoms with Gasteiger partial charge in [0.15, 0.2) is 0 Å². The molecular weight excluding hydrogens is 493 g/mol. The van der Waals surface area contributed by atoms with Gasteiger partial charge in [-0.2, -0.15) is 5.10 Å². The number of benzene rings is 3. The molecule has 1 N–H and O–H groups in total. The summed E-state index contributed by atoms with van der Waals surface area (Å²) in [6.45, 7) is 3.73. The van der Waals surface area contributed by atoms with Gasteiger partial charge >= 0.3 is 0 Å². The van der Waals surface area contributed by atoms with Crippen molar-refractivity contribution in [3.8, 4) is 5.69 Å². The van der Waals surface area contributed by atoms with Gasteiger partial charge < -0.3 is 10.2 Å². The quantitative estimate of drug-likeness (QED) is 0.334. The molecular formula is C31H26FN5O2. The fourth-order valence-electron chi connectivity index (χ4n) is 5.32. The van der Waals surface area contributed by atoms with Gasteiger partial charge in [-0.05, 0) is 74.0 Å². The van der Waals surface area contributed by atoms with E-state index in [2.05, 4.69) is 15.4 Å². The van der Waals surface area contributed by atoms with E-state index < -0.39 is 17.5 Å². The third-order valence-corrected chi connectivity index (χ3v) is 7.39. The lowest BCUT2D eigenvalue weighted by molar-refractivity contribution is -0.124. The molecule has 1 aliphatic rings. The Balaban J connectivity index is 1.42. The van der Waals surface area contributed by atoms with E-state index in [0.717, 1.165) is 22.2 Å². The highest BCUT2D eigenvalue weighted by Crippen LogP contribution is 2.47. The Labute approximate surface area is 224 Å². The molecule has 2 aromatic heterocycles. The third-order valence-electron chi connectivity index (χ3n) is 7.39. The standard InChI is InChI=1S/C31H26FN5O2/c1-31(2)28(35-29(38)21-9-6-16-33-18-21)27(20-7-4-3-5-8-20)36(30(31)39)25-14-15-26-22(17-25)19-34-37(26)24-12-10-23(32)11-13-24/h3-19,27-28H,1-2H3,(H,35,38)/t27-,28-/m0/s1. The molecule has 6 rings (SSSR count). The minimum Gasteiger partial charge on any atom is -0.346 e. The van der Waals surface area contributed by atoms with Crippen molar-refractivity contribution in [2.75, 3.05) is 4.90 Å². The van der Waals surface area contributed by atoms with Gasteiger partial charge in [0.1, 0.15) is 5.82 Å². The first kappa shape index (κ1) is 24.5. The Bertz CT molecular complexity index is 1670. The summed E-state index contributed by atoms with van der Waals surface area (Å²) in [4.78, 5) is 33.1. The fraction of sp³-hybridized carbons (Fsp3) is 0.161. The summed E-state index contributed by atoms with van der Waals surface area (Å²) in [5.41, 5.74) is 2.71. The zero-order chi connectivity index (χ0) is 27.1. The van der Waals surface area contributed by atoms with E-state index in [4.69, 9.17) is 0 Å². The van der Waals surface area contributed by atoms with Crippen molar-refractivity contribution in [3.63, 3.8) is 0 Å². The highest BCUT2D eigenvalue weighted by Gasteiger charge is 2.55. The van der Waals surface area contributed by atoms with Crippen LogP contribution in [-0.2, 0) is 4.79 Å². The molecule has 3 heterocycles. The van der Waals surface area contributed by atoms with Gasteiger partial charge in [0.25, 0.3) is 5.91 Å². The van der Waals surface area contributed by atoms with Crippen LogP contribution in [0.2, 0.25) is 0 Å². The molecule has 5 aromatic rings. The number of carbonyl (C=O) groups is 2. The van der Waals surface area contributed by atoms with Gasteiger partial charge in [-0.15, -0.1) is 0 Å². The maximum atomic E-state index is 14.0. The molecule has 8 heteroatoms. The van der Waals surface area contributed by atoms with Gasteiger partial charge in [0.2, 0.25) is 5.91 Å². The van der Waals surface area contributed by atoms with Crippen molar-refractivity contribution < 1.29 is 14.0 Å². The number of rotatable bonds is 5. The molecule has 1 saturated heterocycles. The molecule has 0 spiro atoms. The van der Waals surface area contributed by atoms with Crippen molar-refractivity contribution in [2.45, 2.75) is 25.9 Å². The molecule has 0 bridgehead atoms. The van der Waals surface area contributed by atoms with Crippen LogP contribution in [0.5, 0.6) is 0 Å². The number of nitrogens with zero attached hydrogens (tertiary/aromatic N) is 4. The van der Waals surface area contributed by atoms with Crippen molar-refractivity contribution in [1.82, 2.24) is 20.1 Å². The first-order valence-electron chi connectivity index (χ1n) is 12.7. The number of hydrogen-bond acceptors (Lipinski definition) is 4. The number of nitrogens with one attached hydrogen (secondary N) is 1. The number of hydrogen-bond donors (Lipinski definition) is 1. The number of aromatic nitrogens is 3. The van der Waals surface area contributed by atoms with Gasteiger partial charge in [0.05, 0.1) is 40.5 Å². The second-order valence-corrected chi connectivity index (χ2v) is 10.2. The number of halogens is 1. The van der Waals surface area contributed by atoms with Gasteiger partial charge in [-0.3, -0.25) is 14.6 Å². The summed E-state index contributed by atoms with van der Waals surface area (Å²) >= 11 is 0. The Morgan fingerprint density at radius 2 is 1.67 bits per heavy atom. The molecule has 0 aliphatic carbocycles. The third kappa shape index (κ3) is 4.24. The summed E-state index contributed by atoms with van der Waals surface area (Å²) in [7, 11) is 0. The first-order chi connectivity index (χ1) is 18.8. The van der Waals surface area contributed by atoms with E-state index in [0.29, 0.717) is 11.3 Å². The van der Waals surface area contributed by atoms with Crippen molar-refractivity contribution in [3.05, 3.63) is 120 Å². The smallest absolute Gasteiger partial charge is 0.253 e. The lowest BCUT2D eigenvalue weighted by atomic mass is 9.82. The summed E-state index contributed by atoms with van der Waals surface area (Å²) in [5.74, 6) is -0.698. The molecule has 39 heavy (non-hydrogen) atoms. The highest BCUT2D eigenvalue weighted by atomic mass is 19.1. The molecule has 1 aliphatic heterocycles. The fourth-order valence-corrected chi connectivity index (χ4v) is 5.32. The molecule has 0 unspecified atom stereocenters. The number of pyridine rings is 1. The van der Waals surface area contributed by atoms with Crippen LogP contribution in [0.1, 0.15) is 35.8 Å². The second kappa shape index (κ2) is 9.47. The SMILES string of the molecule is CC1(C)C(=O)N(c2ccc3c(cnn3-c3ccc(F)cc3)c2)[C@@H](c2ccccc2)[C@@H]1NC(=O)c1cccnc1. The zero-order valence-electron chi connectivity index (χ0n) is 21.5. The topological polar surface area (TPSA) is 80.1 Å². The number of amides is 2. The average Bonchev–Trinajstić information content (AvgIpc) is 3.46. The molecule has 2 atom stereocenters. The van der Waals surface area contributed by atoms with Gasteiger partial charge in [-0.1, -0.05) is 30.3 Å². The molecule has 0 radical (unpaired) electrons. The van der Waals surface area contributed by atoms with Crippen LogP contribution >= 0.6 is 0 Å². The van der Waals surface area contributed by atoms with Crippen LogP contribution in [0.4, 0.5) is 10.1 Å². The van der Waals surface area contributed by atoms with E-state index in [9.17, 15) is 14.0 Å². The summed E-state index contributed by atoms with van der Waals surface area (Å²) < 4.78 is 15.2. The predicted molar refractivity (Wildman–Crippen MR) is 147 cm³/mol. The lowest BCUT2D eigenvalue weighted by Crippen LogP contribution is -2.46. The molecule has 3 aromatic carbocycles. The van der Waals surface area contributed by atoms with E-state index >= 15 is 0 Å². The first-order valence-corrected chi connectivity index (χ1v) is 12.7. The van der Waals surface area contributed by atoms with Crippen molar-refractivity contribution in [1.29, 1.82) is 0 Å². The van der Waals surface area contributed by atoms with Crippen LogP contribution < -0.4 is 10.2 Å². The minimum atomic E-state index is -0.897. The highest BCUT2D eigenvalue weighted by molar-refractivity contribution is 6.04. The van der Waals surface area contributed by atoms with Gasteiger partial charge in [-0.25, -0.2) is 9.07 Å². The van der Waals surface area contributed by atoms with Crippen molar-refractivity contribution in [2.24, 2.45) is 5.41 Å². The Morgan fingerprint density at radius 1 is 0.923 bits per heavy atom. The van der Waals surface area contributed by atoms with E-state index in [1.54, 1.807) is 46.2 Å². The monoisotopic (exact) mass is 519 g/mol. The number of fused-ring (bicyclic) bond motifs is 1. The molecule has 2 amide bonds. The van der Waals surface area contributed by atoms with E-state index in [1.165, 1.54) is 18.3 Å². The Hall–Kier alpha value is -4.85. The number of carbonyl (C=O) groups excluding carboxylic acids is 2. The molecule has 7 nitrogen and oxygen atoms in total. The summed E-state index contributed by atoms with van der Waals surface area (Å²) in [5, 5.41) is 8.48. The average molecular weight is 520 g/mol. The maximum Gasteiger partial charge on any atom is 0.253 e. The van der Waals surface area contributed by atoms with Crippen molar-refractivity contribution >= 4 is 28.4 Å². The van der Waals surface area contributed by atoms with Crippen LogP contribution in [-0.4, -0.2) is 32.6 Å². The van der Waals surface area contributed by atoms with Gasteiger partial charge in [0, 0.05) is 23.5 Å². The largest absolute Gasteiger partial charge is 0.346 e. The van der Waals surface area contributed by atoms with Crippen LogP contribution in [0, 0.1) is 11.2 Å². The minimum absolute atomic E-state index is 0.0990. The molecule has 0 saturated carbocycles. The lowest BCUT2D eigenvalue weighted by Gasteiger charge is -2.31. The van der Waals surface area contributed by atoms with Crippen LogP contribution in [0.3, 0.4) is 0 Å². The summed E-state index contributed by atoms with van der Waals surface area (Å²) in [6, 6.07) is 24.0. The summed E-state index contributed by atoms with van der Waals surface area (Å²) in [6.07, 6.45) is 4.86. The van der Waals surface area contributed by atoms with Crippen LogP contribution in [0.25, 0.3) is 16.6 Å². The normalized spacial score (nSPS) is 18.4.